The molecule has 0 bridgehead atoms. The lowest BCUT2D eigenvalue weighted by Gasteiger charge is -2.02. The number of hydrogen-bond acceptors (Lipinski definition) is 4. The molecule has 2 rings (SSSR count). The van der Waals surface area contributed by atoms with Crippen LogP contribution in [0.1, 0.15) is 5.56 Å². The second-order valence-corrected chi connectivity index (χ2v) is 3.55. The summed E-state index contributed by atoms with van der Waals surface area (Å²) < 4.78 is 0. The van der Waals surface area contributed by atoms with Gasteiger partial charge in [0, 0.05) is 6.54 Å². The Labute approximate surface area is 100 Å². The van der Waals surface area contributed by atoms with Gasteiger partial charge in [-0.3, -0.25) is 11.3 Å². The topological polar surface area (TPSA) is 62.8 Å². The molecule has 2 aromatic rings. The van der Waals surface area contributed by atoms with E-state index in [0.717, 1.165) is 16.9 Å². The summed E-state index contributed by atoms with van der Waals surface area (Å²) in [6.07, 6.45) is 0. The highest BCUT2D eigenvalue weighted by atomic mass is 15.2. The number of nitrogens with two attached hydrogens (primary N) is 1. The van der Waals surface area contributed by atoms with Crippen molar-refractivity contribution in [2.45, 2.75) is 6.54 Å². The van der Waals surface area contributed by atoms with Crippen molar-refractivity contribution in [2.75, 3.05) is 0 Å². The first-order chi connectivity index (χ1) is 8.40. The first-order valence-corrected chi connectivity index (χ1v) is 5.38. The molecular formula is C13H14N4. The number of rotatable bonds is 4. The number of hydrogen-bond donors (Lipinski definition) is 2. The van der Waals surface area contributed by atoms with Crippen molar-refractivity contribution in [2.24, 2.45) is 16.1 Å². The third kappa shape index (κ3) is 3.21. The van der Waals surface area contributed by atoms with Crippen molar-refractivity contribution in [1.29, 1.82) is 0 Å². The monoisotopic (exact) mass is 226 g/mol. The van der Waals surface area contributed by atoms with E-state index in [1.807, 2.05) is 54.6 Å². The van der Waals surface area contributed by atoms with Crippen molar-refractivity contribution in [3.8, 4) is 0 Å². The van der Waals surface area contributed by atoms with E-state index in [2.05, 4.69) is 15.7 Å². The fraction of sp³-hybridized carbons (Fsp3) is 0.0769. The minimum atomic E-state index is 0.573. The van der Waals surface area contributed by atoms with Crippen molar-refractivity contribution in [3.63, 3.8) is 0 Å². The molecule has 2 aromatic carbocycles. The predicted molar refractivity (Wildman–Crippen MR) is 68.1 cm³/mol. The lowest BCUT2D eigenvalue weighted by Crippen LogP contribution is -2.20. The third-order valence-corrected chi connectivity index (χ3v) is 2.31. The van der Waals surface area contributed by atoms with Gasteiger partial charge in [0.25, 0.3) is 0 Å². The number of nitrogens with zero attached hydrogens (tertiary/aromatic N) is 2. The summed E-state index contributed by atoms with van der Waals surface area (Å²) in [4.78, 5) is 0. The van der Waals surface area contributed by atoms with Crippen LogP contribution >= 0.6 is 0 Å². The molecule has 4 nitrogen and oxygen atoms in total. The highest BCUT2D eigenvalue weighted by Crippen LogP contribution is 2.21. The molecule has 0 saturated heterocycles. The maximum absolute atomic E-state index is 5.31. The summed E-state index contributed by atoms with van der Waals surface area (Å²) in [5, 5.41) is 8.40. The van der Waals surface area contributed by atoms with Crippen LogP contribution in [0.3, 0.4) is 0 Å². The van der Waals surface area contributed by atoms with E-state index in [9.17, 15) is 0 Å². The Morgan fingerprint density at radius 2 is 1.59 bits per heavy atom. The quantitative estimate of drug-likeness (QED) is 0.478. The molecule has 86 valence electrons. The van der Waals surface area contributed by atoms with E-state index < -0.39 is 0 Å². The molecule has 0 atom stereocenters. The standard InChI is InChI=1S/C13H14N4/c14-15-10-11-6-4-5-9-13(11)17-16-12-7-2-1-3-8-12/h1-9,15H,10,14H2. The van der Waals surface area contributed by atoms with Gasteiger partial charge in [0.05, 0.1) is 11.4 Å². The van der Waals surface area contributed by atoms with Gasteiger partial charge in [-0.05, 0) is 23.8 Å². The summed E-state index contributed by atoms with van der Waals surface area (Å²) >= 11 is 0. The maximum Gasteiger partial charge on any atom is 0.0902 e. The molecule has 0 unspecified atom stereocenters. The van der Waals surface area contributed by atoms with Crippen molar-refractivity contribution in [1.82, 2.24) is 5.43 Å². The smallest absolute Gasteiger partial charge is 0.0902 e. The van der Waals surface area contributed by atoms with Gasteiger partial charge in [0.2, 0.25) is 0 Å². The van der Waals surface area contributed by atoms with Gasteiger partial charge in [-0.1, -0.05) is 36.4 Å². The Balaban J connectivity index is 2.21. The van der Waals surface area contributed by atoms with Crippen molar-refractivity contribution < 1.29 is 0 Å². The van der Waals surface area contributed by atoms with E-state index in [0.29, 0.717) is 6.54 Å². The fourth-order valence-corrected chi connectivity index (χ4v) is 1.47. The number of benzene rings is 2. The van der Waals surface area contributed by atoms with Crippen LogP contribution in [0.2, 0.25) is 0 Å². The molecule has 0 spiro atoms. The summed E-state index contributed by atoms with van der Waals surface area (Å²) in [7, 11) is 0. The molecule has 0 aromatic heterocycles. The second-order valence-electron chi connectivity index (χ2n) is 3.55. The lowest BCUT2D eigenvalue weighted by atomic mass is 10.2. The van der Waals surface area contributed by atoms with E-state index in [1.165, 1.54) is 0 Å². The molecule has 0 fully saturated rings. The predicted octanol–water partition coefficient (Wildman–Crippen LogP) is 3.07. The molecule has 0 amide bonds. The summed E-state index contributed by atoms with van der Waals surface area (Å²) in [5.41, 5.74) is 5.31. The van der Waals surface area contributed by atoms with Crippen LogP contribution in [-0.2, 0) is 6.54 Å². The zero-order chi connectivity index (χ0) is 11.9. The molecule has 3 N–H and O–H groups in total. The summed E-state index contributed by atoms with van der Waals surface area (Å²) in [5.74, 6) is 5.31. The Morgan fingerprint density at radius 3 is 2.35 bits per heavy atom. The first-order valence-electron chi connectivity index (χ1n) is 5.38. The van der Waals surface area contributed by atoms with Crippen LogP contribution in [0.15, 0.2) is 64.8 Å². The van der Waals surface area contributed by atoms with Crippen LogP contribution in [0.5, 0.6) is 0 Å². The van der Waals surface area contributed by atoms with Gasteiger partial charge in [0.15, 0.2) is 0 Å². The van der Waals surface area contributed by atoms with Crippen molar-refractivity contribution >= 4 is 11.4 Å². The highest BCUT2D eigenvalue weighted by molar-refractivity contribution is 5.46. The molecule has 0 radical (unpaired) electrons. The SMILES string of the molecule is NNCc1ccccc1N=Nc1ccccc1. The fourth-order valence-electron chi connectivity index (χ4n) is 1.47. The minimum Gasteiger partial charge on any atom is -0.271 e. The van der Waals surface area contributed by atoms with Gasteiger partial charge in [-0.25, -0.2) is 0 Å². The van der Waals surface area contributed by atoms with Crippen LogP contribution < -0.4 is 11.3 Å². The number of azo groups is 1. The maximum atomic E-state index is 5.31. The third-order valence-electron chi connectivity index (χ3n) is 2.31. The molecule has 17 heavy (non-hydrogen) atoms. The Kier molecular flexibility index (Phi) is 3.96. The molecule has 0 aliphatic heterocycles. The normalized spacial score (nSPS) is 10.9. The van der Waals surface area contributed by atoms with E-state index in [4.69, 9.17) is 5.84 Å². The number of hydrazine groups is 1. The zero-order valence-corrected chi connectivity index (χ0v) is 9.38. The van der Waals surface area contributed by atoms with Gasteiger partial charge in [0.1, 0.15) is 0 Å². The second kappa shape index (κ2) is 5.89. The van der Waals surface area contributed by atoms with Gasteiger partial charge in [-0.15, -0.1) is 0 Å². The minimum absolute atomic E-state index is 0.573. The first kappa shape index (κ1) is 11.4. The van der Waals surface area contributed by atoms with Gasteiger partial charge >= 0.3 is 0 Å². The van der Waals surface area contributed by atoms with E-state index in [1.54, 1.807) is 0 Å². The Bertz CT molecular complexity index is 494. The number of nitrogens with one attached hydrogen (secondary N) is 1. The van der Waals surface area contributed by atoms with E-state index in [-0.39, 0.29) is 0 Å². The Morgan fingerprint density at radius 1 is 0.882 bits per heavy atom. The molecule has 0 aliphatic rings. The zero-order valence-electron chi connectivity index (χ0n) is 9.38. The van der Waals surface area contributed by atoms with Crippen LogP contribution in [0.25, 0.3) is 0 Å². The van der Waals surface area contributed by atoms with Gasteiger partial charge < -0.3 is 0 Å². The van der Waals surface area contributed by atoms with Crippen molar-refractivity contribution in [3.05, 3.63) is 60.2 Å². The highest BCUT2D eigenvalue weighted by Gasteiger charge is 1.98. The molecule has 0 heterocycles. The summed E-state index contributed by atoms with van der Waals surface area (Å²) in [6.45, 7) is 0.573. The van der Waals surface area contributed by atoms with E-state index >= 15 is 0 Å². The lowest BCUT2D eigenvalue weighted by molar-refractivity contribution is 0.741. The molecule has 0 aliphatic carbocycles. The van der Waals surface area contributed by atoms with Crippen LogP contribution in [-0.4, -0.2) is 0 Å². The molecule has 0 saturated carbocycles. The molecule has 4 heteroatoms. The van der Waals surface area contributed by atoms with Gasteiger partial charge in [-0.2, -0.15) is 10.2 Å². The van der Waals surface area contributed by atoms with Crippen LogP contribution in [0, 0.1) is 0 Å². The average molecular weight is 226 g/mol. The Hall–Kier alpha value is -2.04. The molecular weight excluding hydrogens is 212 g/mol. The summed E-state index contributed by atoms with van der Waals surface area (Å²) in [6, 6.07) is 17.4. The average Bonchev–Trinajstić information content (AvgIpc) is 2.39. The largest absolute Gasteiger partial charge is 0.271 e. The van der Waals surface area contributed by atoms with Crippen LogP contribution in [0.4, 0.5) is 11.4 Å².